The number of anilines is 1. The summed E-state index contributed by atoms with van der Waals surface area (Å²) in [4.78, 5) is 16.4. The third-order valence-electron chi connectivity index (χ3n) is 4.63. The smallest absolute Gasteiger partial charge is 0.139 e. The van der Waals surface area contributed by atoms with E-state index in [-0.39, 0.29) is 6.04 Å². The molecule has 1 atom stereocenters. The van der Waals surface area contributed by atoms with Crippen LogP contribution in [0.15, 0.2) is 90.1 Å². The largest absolute Gasteiger partial charge is 0.374 e. The molecule has 0 fully saturated rings. The predicted octanol–water partition coefficient (Wildman–Crippen LogP) is 6.14. The topological polar surface area (TPSA) is 54.4 Å². The summed E-state index contributed by atoms with van der Waals surface area (Å²) < 4.78 is 0. The van der Waals surface area contributed by atoms with E-state index in [1.807, 2.05) is 91.9 Å². The highest BCUT2D eigenvalue weighted by Gasteiger charge is 2.21. The second kappa shape index (κ2) is 7.38. The van der Waals surface area contributed by atoms with E-state index in [4.69, 9.17) is 0 Å². The molecule has 1 N–H and O–H groups in total. The van der Waals surface area contributed by atoms with Gasteiger partial charge in [0.05, 0.1) is 6.04 Å². The van der Waals surface area contributed by atoms with E-state index in [0.29, 0.717) is 11.2 Å². The van der Waals surface area contributed by atoms with Crippen LogP contribution in [0, 0.1) is 11.8 Å². The van der Waals surface area contributed by atoms with Crippen LogP contribution in [-0.2, 0) is 0 Å². The van der Waals surface area contributed by atoms with Crippen molar-refractivity contribution in [3.8, 4) is 0 Å². The number of para-hydroxylation sites is 1. The van der Waals surface area contributed by atoms with Gasteiger partial charge in [-0.15, -0.1) is 4.91 Å². The van der Waals surface area contributed by atoms with Gasteiger partial charge in [0.2, 0.25) is 0 Å². The highest BCUT2D eigenvalue weighted by molar-refractivity contribution is 5.91. The Balaban J connectivity index is 1.90. The molecule has 0 aliphatic rings. The molecule has 1 heterocycles. The fourth-order valence-electron chi connectivity index (χ4n) is 3.30. The van der Waals surface area contributed by atoms with Crippen molar-refractivity contribution in [1.29, 1.82) is 0 Å². The van der Waals surface area contributed by atoms with Crippen LogP contribution in [0.4, 0.5) is 11.4 Å². The Morgan fingerprint density at radius 3 is 2.22 bits per heavy atom. The summed E-state index contributed by atoms with van der Waals surface area (Å²) in [6, 6.07) is 27.7. The summed E-state index contributed by atoms with van der Waals surface area (Å²) in [5, 5.41) is 7.82. The van der Waals surface area contributed by atoms with Gasteiger partial charge in [0, 0.05) is 22.3 Å². The van der Waals surface area contributed by atoms with E-state index in [1.165, 1.54) is 0 Å². The first kappa shape index (κ1) is 16.9. The molecule has 4 nitrogen and oxygen atoms in total. The highest BCUT2D eigenvalue weighted by Crippen LogP contribution is 2.37. The Morgan fingerprint density at radius 2 is 1.52 bits per heavy atom. The first-order chi connectivity index (χ1) is 13.3. The molecule has 0 spiro atoms. The van der Waals surface area contributed by atoms with Crippen molar-refractivity contribution >= 4 is 22.3 Å². The van der Waals surface area contributed by atoms with E-state index >= 15 is 0 Å². The Morgan fingerprint density at radius 1 is 0.852 bits per heavy atom. The van der Waals surface area contributed by atoms with Gasteiger partial charge < -0.3 is 5.32 Å². The minimum Gasteiger partial charge on any atom is -0.374 e. The fourth-order valence-corrected chi connectivity index (χ4v) is 3.30. The van der Waals surface area contributed by atoms with E-state index in [1.54, 1.807) is 0 Å². The number of aromatic nitrogens is 1. The molecule has 0 saturated carbocycles. The van der Waals surface area contributed by atoms with Gasteiger partial charge in [0.15, 0.2) is 0 Å². The van der Waals surface area contributed by atoms with Crippen molar-refractivity contribution in [2.45, 2.75) is 13.0 Å². The predicted molar refractivity (Wildman–Crippen MR) is 110 cm³/mol. The Kier molecular flexibility index (Phi) is 4.62. The van der Waals surface area contributed by atoms with Crippen molar-refractivity contribution in [1.82, 2.24) is 4.98 Å². The minimum atomic E-state index is -0.215. The maximum absolute atomic E-state index is 11.8. The number of nitroso groups, excluding NO2 is 1. The number of fused-ring (bicyclic) bond motifs is 1. The van der Waals surface area contributed by atoms with Gasteiger partial charge >= 0.3 is 0 Å². The average molecular weight is 353 g/mol. The second-order valence-corrected chi connectivity index (χ2v) is 6.47. The fraction of sp³-hybridized carbons (Fsp3) is 0.0870. The van der Waals surface area contributed by atoms with Crippen molar-refractivity contribution in [3.05, 3.63) is 107 Å². The molecule has 0 radical (unpaired) electrons. The molecule has 1 unspecified atom stereocenters. The van der Waals surface area contributed by atoms with Crippen molar-refractivity contribution in [2.24, 2.45) is 5.18 Å². The van der Waals surface area contributed by atoms with Gasteiger partial charge in [-0.2, -0.15) is 0 Å². The molecular weight excluding hydrogens is 334 g/mol. The van der Waals surface area contributed by atoms with E-state index in [0.717, 1.165) is 27.9 Å². The van der Waals surface area contributed by atoms with Crippen LogP contribution in [-0.4, -0.2) is 4.98 Å². The zero-order valence-electron chi connectivity index (χ0n) is 15.0. The summed E-state index contributed by atoms with van der Waals surface area (Å²) >= 11 is 0. The molecule has 4 aromatic rings. The van der Waals surface area contributed by atoms with Gasteiger partial charge in [-0.05, 0) is 35.9 Å². The van der Waals surface area contributed by atoms with E-state index in [2.05, 4.69) is 15.5 Å². The summed E-state index contributed by atoms with van der Waals surface area (Å²) in [5.74, 6) is 0. The molecule has 27 heavy (non-hydrogen) atoms. The quantitative estimate of drug-likeness (QED) is 0.438. The third kappa shape index (κ3) is 3.42. The number of hydrogen-bond donors (Lipinski definition) is 1. The molecule has 0 bridgehead atoms. The summed E-state index contributed by atoms with van der Waals surface area (Å²) in [5.41, 5.74) is 4.72. The van der Waals surface area contributed by atoms with Crippen molar-refractivity contribution in [2.75, 3.05) is 5.32 Å². The second-order valence-electron chi connectivity index (χ2n) is 6.47. The maximum Gasteiger partial charge on any atom is 0.139 e. The normalized spacial score (nSPS) is 11.9. The standard InChI is InChI=1S/C23H19N3O/c1-16-12-13-18-14-15-20(23(26-27)22(18)24-16)21(17-8-4-2-5-9-17)25-19-10-6-3-7-11-19/h2-15,21,25H,1H3. The highest BCUT2D eigenvalue weighted by atomic mass is 16.3. The lowest BCUT2D eigenvalue weighted by Crippen LogP contribution is -2.12. The number of benzene rings is 3. The molecule has 1 aromatic heterocycles. The summed E-state index contributed by atoms with van der Waals surface area (Å²) in [6.07, 6.45) is 0. The molecule has 0 aliphatic heterocycles. The monoisotopic (exact) mass is 353 g/mol. The van der Waals surface area contributed by atoms with Crippen LogP contribution in [0.25, 0.3) is 10.9 Å². The van der Waals surface area contributed by atoms with Gasteiger partial charge in [-0.3, -0.25) is 4.98 Å². The average Bonchev–Trinajstić information content (AvgIpc) is 2.72. The maximum atomic E-state index is 11.8. The van der Waals surface area contributed by atoms with Crippen molar-refractivity contribution < 1.29 is 0 Å². The number of aryl methyl sites for hydroxylation is 1. The van der Waals surface area contributed by atoms with Crippen LogP contribution in [0.2, 0.25) is 0 Å². The molecule has 0 saturated heterocycles. The number of pyridine rings is 1. The van der Waals surface area contributed by atoms with Crippen LogP contribution >= 0.6 is 0 Å². The molecule has 4 heteroatoms. The number of rotatable bonds is 5. The molecule has 3 aromatic carbocycles. The summed E-state index contributed by atoms with van der Waals surface area (Å²) in [7, 11) is 0. The molecule has 0 aliphatic carbocycles. The Bertz CT molecular complexity index is 1080. The van der Waals surface area contributed by atoms with E-state index in [9.17, 15) is 4.91 Å². The Hall–Kier alpha value is -3.53. The summed E-state index contributed by atoms with van der Waals surface area (Å²) in [6.45, 7) is 1.91. The lowest BCUT2D eigenvalue weighted by molar-refractivity contribution is 0.939. The zero-order chi connectivity index (χ0) is 18.6. The molecule has 4 rings (SSSR count). The lowest BCUT2D eigenvalue weighted by atomic mass is 9.95. The van der Waals surface area contributed by atoms with Crippen LogP contribution in [0.3, 0.4) is 0 Å². The Labute approximate surface area is 157 Å². The van der Waals surface area contributed by atoms with Crippen LogP contribution in [0.1, 0.15) is 22.9 Å². The molecular formula is C23H19N3O. The first-order valence-corrected chi connectivity index (χ1v) is 8.86. The van der Waals surface area contributed by atoms with Gasteiger partial charge in [0.25, 0.3) is 0 Å². The zero-order valence-corrected chi connectivity index (χ0v) is 15.0. The first-order valence-electron chi connectivity index (χ1n) is 8.86. The number of nitrogens with one attached hydrogen (secondary N) is 1. The number of hydrogen-bond acceptors (Lipinski definition) is 4. The molecule has 132 valence electrons. The molecule has 0 amide bonds. The third-order valence-corrected chi connectivity index (χ3v) is 4.63. The van der Waals surface area contributed by atoms with Gasteiger partial charge in [-0.25, -0.2) is 0 Å². The minimum absolute atomic E-state index is 0.215. The van der Waals surface area contributed by atoms with Crippen LogP contribution < -0.4 is 5.32 Å². The number of nitrogens with zero attached hydrogens (tertiary/aromatic N) is 2. The lowest BCUT2D eigenvalue weighted by Gasteiger charge is -2.22. The van der Waals surface area contributed by atoms with Gasteiger partial charge in [0.1, 0.15) is 11.2 Å². The van der Waals surface area contributed by atoms with E-state index < -0.39 is 0 Å². The van der Waals surface area contributed by atoms with Crippen LogP contribution in [0.5, 0.6) is 0 Å². The van der Waals surface area contributed by atoms with Crippen molar-refractivity contribution in [3.63, 3.8) is 0 Å². The SMILES string of the molecule is Cc1ccc2ccc(C(Nc3ccccc3)c3ccccc3)c(N=O)c2n1. The van der Waals surface area contributed by atoms with Gasteiger partial charge in [-0.1, -0.05) is 66.7 Å².